The van der Waals surface area contributed by atoms with E-state index in [1.54, 1.807) is 0 Å². The minimum absolute atomic E-state index is 0.0202. The highest BCUT2D eigenvalue weighted by Crippen LogP contribution is 2.26. The molecule has 120 valence electrons. The molecule has 1 atom stereocenters. The number of rotatable bonds is 4. The molecular weight excluding hydrogens is 345 g/mol. The Balaban J connectivity index is 2.06. The van der Waals surface area contributed by atoms with Crippen molar-refractivity contribution in [3.05, 3.63) is 28.2 Å². The third kappa shape index (κ3) is 3.92. The molecule has 1 aromatic rings. The average molecular weight is 363 g/mol. The van der Waals surface area contributed by atoms with E-state index in [2.05, 4.69) is 6.07 Å². The summed E-state index contributed by atoms with van der Waals surface area (Å²) in [6, 6.07) is 6.56. The van der Waals surface area contributed by atoms with Crippen molar-refractivity contribution in [2.75, 3.05) is 32.7 Å². The third-order valence-electron chi connectivity index (χ3n) is 3.77. The maximum Gasteiger partial charge on any atom is 0.243 e. The summed E-state index contributed by atoms with van der Waals surface area (Å²) in [4.78, 5) is 1.42. The highest BCUT2D eigenvalue weighted by molar-refractivity contribution is 7.89. The molecule has 0 bridgehead atoms. The molecular formula is C14H18Cl2N3O2S+. The first kappa shape index (κ1) is 17.5. The number of halogens is 2. The zero-order valence-electron chi connectivity index (χ0n) is 12.2. The monoisotopic (exact) mass is 362 g/mol. The van der Waals surface area contributed by atoms with Crippen LogP contribution in [0.25, 0.3) is 0 Å². The van der Waals surface area contributed by atoms with Crippen LogP contribution in [-0.4, -0.2) is 45.4 Å². The van der Waals surface area contributed by atoms with Gasteiger partial charge in [-0.1, -0.05) is 23.2 Å². The molecule has 0 spiro atoms. The van der Waals surface area contributed by atoms with Gasteiger partial charge >= 0.3 is 0 Å². The van der Waals surface area contributed by atoms with Gasteiger partial charge < -0.3 is 4.90 Å². The third-order valence-corrected chi connectivity index (χ3v) is 6.41. The lowest BCUT2D eigenvalue weighted by molar-refractivity contribution is -0.905. The quantitative estimate of drug-likeness (QED) is 0.870. The zero-order chi connectivity index (χ0) is 16.3. The van der Waals surface area contributed by atoms with E-state index >= 15 is 0 Å². The number of hydrogen-bond acceptors (Lipinski definition) is 3. The highest BCUT2D eigenvalue weighted by Gasteiger charge is 2.31. The standard InChI is InChI=1S/C14H17Cl2N3O2S/c1-11(9-17)10-18-4-6-19(7-5-18)22(20,21)12-2-3-13(15)14(16)8-12/h2-3,8,11H,4-7,10H2,1H3/p+1/t11-/m1/s1. The van der Waals surface area contributed by atoms with Gasteiger partial charge in [0.25, 0.3) is 0 Å². The summed E-state index contributed by atoms with van der Waals surface area (Å²) >= 11 is 11.7. The van der Waals surface area contributed by atoms with Gasteiger partial charge in [0.05, 0.1) is 59.7 Å². The minimum atomic E-state index is -3.55. The molecule has 1 aromatic carbocycles. The fraction of sp³-hybridized carbons (Fsp3) is 0.500. The van der Waals surface area contributed by atoms with Gasteiger partial charge in [-0.3, -0.25) is 0 Å². The lowest BCUT2D eigenvalue weighted by atomic mass is 10.2. The van der Waals surface area contributed by atoms with Gasteiger partial charge in [0, 0.05) is 0 Å². The van der Waals surface area contributed by atoms with E-state index in [1.165, 1.54) is 27.4 Å². The van der Waals surface area contributed by atoms with Crippen LogP contribution >= 0.6 is 23.2 Å². The number of sulfonamides is 1. The molecule has 0 saturated carbocycles. The molecule has 1 saturated heterocycles. The van der Waals surface area contributed by atoms with Crippen molar-refractivity contribution < 1.29 is 13.3 Å². The van der Waals surface area contributed by atoms with Gasteiger partial charge in [0.2, 0.25) is 10.0 Å². The van der Waals surface area contributed by atoms with E-state index in [9.17, 15) is 8.42 Å². The van der Waals surface area contributed by atoms with Crippen molar-refractivity contribution >= 4 is 33.2 Å². The molecule has 1 fully saturated rings. The SMILES string of the molecule is C[C@H](C#N)C[NH+]1CCN(S(=O)(=O)c2ccc(Cl)c(Cl)c2)CC1. The fourth-order valence-corrected chi connectivity index (χ4v) is 4.34. The number of nitrogens with zero attached hydrogens (tertiary/aromatic N) is 2. The van der Waals surface area contributed by atoms with Gasteiger partial charge in [-0.15, -0.1) is 0 Å². The molecule has 0 unspecified atom stereocenters. The Morgan fingerprint density at radius 2 is 1.95 bits per heavy atom. The Bertz CT molecular complexity index is 680. The molecule has 0 amide bonds. The van der Waals surface area contributed by atoms with Crippen LogP contribution in [0.1, 0.15) is 6.92 Å². The highest BCUT2D eigenvalue weighted by atomic mass is 35.5. The van der Waals surface area contributed by atoms with E-state index in [4.69, 9.17) is 28.5 Å². The van der Waals surface area contributed by atoms with Crippen molar-refractivity contribution in [2.45, 2.75) is 11.8 Å². The van der Waals surface area contributed by atoms with E-state index in [1.807, 2.05) is 6.92 Å². The van der Waals surface area contributed by atoms with Crippen molar-refractivity contribution in [3.63, 3.8) is 0 Å². The lowest BCUT2D eigenvalue weighted by Crippen LogP contribution is -3.15. The van der Waals surface area contributed by atoms with Crippen LogP contribution < -0.4 is 4.90 Å². The predicted molar refractivity (Wildman–Crippen MR) is 85.6 cm³/mol. The number of benzene rings is 1. The lowest BCUT2D eigenvalue weighted by Gasteiger charge is -2.32. The van der Waals surface area contributed by atoms with E-state index in [0.29, 0.717) is 31.2 Å². The number of hydrogen-bond donors (Lipinski definition) is 1. The molecule has 8 heteroatoms. The van der Waals surface area contributed by atoms with Gasteiger partial charge in [-0.2, -0.15) is 9.57 Å². The van der Waals surface area contributed by atoms with Gasteiger partial charge in [-0.05, 0) is 25.1 Å². The molecule has 0 radical (unpaired) electrons. The molecule has 1 aliphatic heterocycles. The second-order valence-corrected chi connectivity index (χ2v) is 8.22. The van der Waals surface area contributed by atoms with Crippen LogP contribution in [0.4, 0.5) is 0 Å². The summed E-state index contributed by atoms with van der Waals surface area (Å²) in [5, 5.41) is 9.42. The topological polar surface area (TPSA) is 65.6 Å². The number of nitriles is 1. The first-order valence-corrected chi connectivity index (χ1v) is 9.22. The molecule has 1 N–H and O–H groups in total. The minimum Gasteiger partial charge on any atom is -0.332 e. The Labute approximate surface area is 141 Å². The summed E-state index contributed by atoms with van der Waals surface area (Å²) in [6.07, 6.45) is 0. The van der Waals surface area contributed by atoms with E-state index in [-0.39, 0.29) is 15.8 Å². The van der Waals surface area contributed by atoms with Crippen LogP contribution in [0.3, 0.4) is 0 Å². The fourth-order valence-electron chi connectivity index (χ4n) is 2.51. The van der Waals surface area contributed by atoms with Crippen LogP contribution in [0, 0.1) is 17.2 Å². The largest absolute Gasteiger partial charge is 0.332 e. The second-order valence-electron chi connectivity index (χ2n) is 5.46. The maximum atomic E-state index is 12.6. The number of piperazine rings is 1. The zero-order valence-corrected chi connectivity index (χ0v) is 14.5. The molecule has 0 aromatic heterocycles. The van der Waals surface area contributed by atoms with Crippen LogP contribution in [0.2, 0.25) is 10.0 Å². The number of nitrogens with one attached hydrogen (secondary N) is 1. The van der Waals surface area contributed by atoms with Crippen molar-refractivity contribution in [2.24, 2.45) is 5.92 Å². The second kappa shape index (κ2) is 7.16. The Morgan fingerprint density at radius 1 is 1.32 bits per heavy atom. The van der Waals surface area contributed by atoms with Gasteiger partial charge in [-0.25, -0.2) is 8.42 Å². The predicted octanol–water partition coefficient (Wildman–Crippen LogP) is 1.04. The van der Waals surface area contributed by atoms with Crippen molar-refractivity contribution in [1.82, 2.24) is 4.31 Å². The first-order valence-electron chi connectivity index (χ1n) is 7.03. The van der Waals surface area contributed by atoms with E-state index in [0.717, 1.165) is 6.54 Å². The summed E-state index contributed by atoms with van der Waals surface area (Å²) in [7, 11) is -3.55. The molecule has 1 heterocycles. The normalized spacial score (nSPS) is 18.8. The Morgan fingerprint density at radius 3 is 2.50 bits per heavy atom. The Hall–Kier alpha value is -0.840. The summed E-state index contributed by atoms with van der Waals surface area (Å²) in [6.45, 7) is 4.91. The average Bonchev–Trinajstić information content (AvgIpc) is 2.50. The van der Waals surface area contributed by atoms with Crippen LogP contribution in [0.15, 0.2) is 23.1 Å². The number of quaternary nitrogens is 1. The molecule has 0 aliphatic carbocycles. The molecule has 22 heavy (non-hydrogen) atoms. The molecule has 2 rings (SSSR count). The summed E-state index contributed by atoms with van der Waals surface area (Å²) < 4.78 is 26.7. The van der Waals surface area contributed by atoms with Gasteiger partial charge in [0.15, 0.2) is 0 Å². The van der Waals surface area contributed by atoms with Gasteiger partial charge in [0.1, 0.15) is 0 Å². The molecule has 5 nitrogen and oxygen atoms in total. The van der Waals surface area contributed by atoms with Crippen molar-refractivity contribution in [3.8, 4) is 6.07 Å². The Kier molecular flexibility index (Phi) is 5.70. The smallest absolute Gasteiger partial charge is 0.243 e. The summed E-state index contributed by atoms with van der Waals surface area (Å²) in [5.74, 6) is -0.0202. The maximum absolute atomic E-state index is 12.6. The van der Waals surface area contributed by atoms with E-state index < -0.39 is 10.0 Å². The van der Waals surface area contributed by atoms with Crippen molar-refractivity contribution in [1.29, 1.82) is 5.26 Å². The summed E-state index contributed by atoms with van der Waals surface area (Å²) in [5.41, 5.74) is 0. The molecule has 1 aliphatic rings. The first-order chi connectivity index (χ1) is 10.3. The van der Waals surface area contributed by atoms with Crippen LogP contribution in [-0.2, 0) is 10.0 Å². The van der Waals surface area contributed by atoms with Crippen LogP contribution in [0.5, 0.6) is 0 Å².